The molecule has 0 spiro atoms. The zero-order chi connectivity index (χ0) is 13.0. The SMILES string of the molecule is C=C/C(NCc1ccncc1)=C1/SC=C(C)C1=N. The van der Waals surface area contributed by atoms with Gasteiger partial charge in [0.05, 0.1) is 10.6 Å². The maximum atomic E-state index is 7.98. The lowest BCUT2D eigenvalue weighted by molar-refractivity contribution is 0.831. The van der Waals surface area contributed by atoms with Gasteiger partial charge in [0.1, 0.15) is 0 Å². The van der Waals surface area contributed by atoms with E-state index in [4.69, 9.17) is 5.41 Å². The van der Waals surface area contributed by atoms with Crippen LogP contribution in [0.25, 0.3) is 0 Å². The molecule has 0 saturated carbocycles. The van der Waals surface area contributed by atoms with E-state index < -0.39 is 0 Å². The van der Waals surface area contributed by atoms with Gasteiger partial charge in [-0.1, -0.05) is 18.3 Å². The van der Waals surface area contributed by atoms with Crippen LogP contribution in [-0.2, 0) is 6.54 Å². The number of nitrogens with zero attached hydrogens (tertiary/aromatic N) is 1. The highest BCUT2D eigenvalue weighted by Gasteiger charge is 2.17. The molecule has 18 heavy (non-hydrogen) atoms. The van der Waals surface area contributed by atoms with Gasteiger partial charge in [0.2, 0.25) is 0 Å². The summed E-state index contributed by atoms with van der Waals surface area (Å²) in [5.74, 6) is 0. The van der Waals surface area contributed by atoms with Gasteiger partial charge in [-0.3, -0.25) is 10.4 Å². The maximum Gasteiger partial charge on any atom is 0.0734 e. The van der Waals surface area contributed by atoms with Crippen LogP contribution < -0.4 is 5.32 Å². The Hall–Kier alpha value is -1.81. The largest absolute Gasteiger partial charge is 0.380 e. The van der Waals surface area contributed by atoms with Crippen LogP contribution in [0.5, 0.6) is 0 Å². The summed E-state index contributed by atoms with van der Waals surface area (Å²) in [7, 11) is 0. The van der Waals surface area contributed by atoms with Crippen molar-refractivity contribution < 1.29 is 0 Å². The average molecular weight is 257 g/mol. The van der Waals surface area contributed by atoms with Crippen LogP contribution in [0.4, 0.5) is 0 Å². The maximum absolute atomic E-state index is 7.98. The van der Waals surface area contributed by atoms with Gasteiger partial charge in [0.25, 0.3) is 0 Å². The summed E-state index contributed by atoms with van der Waals surface area (Å²) in [5, 5.41) is 13.3. The molecule has 1 aliphatic heterocycles. The Morgan fingerprint density at radius 2 is 2.22 bits per heavy atom. The van der Waals surface area contributed by atoms with E-state index in [1.54, 1.807) is 30.2 Å². The van der Waals surface area contributed by atoms with Gasteiger partial charge in [-0.2, -0.15) is 0 Å². The van der Waals surface area contributed by atoms with Crippen molar-refractivity contribution in [3.63, 3.8) is 0 Å². The second-order valence-corrected chi connectivity index (χ2v) is 4.83. The van der Waals surface area contributed by atoms with Crippen LogP contribution in [0.1, 0.15) is 12.5 Å². The first-order chi connectivity index (χ1) is 8.72. The van der Waals surface area contributed by atoms with Gasteiger partial charge in [0, 0.05) is 24.6 Å². The molecule has 0 amide bonds. The molecule has 2 N–H and O–H groups in total. The topological polar surface area (TPSA) is 48.8 Å². The van der Waals surface area contributed by atoms with Crippen molar-refractivity contribution in [2.24, 2.45) is 0 Å². The lowest BCUT2D eigenvalue weighted by Gasteiger charge is -2.10. The monoisotopic (exact) mass is 257 g/mol. The molecule has 1 aromatic heterocycles. The zero-order valence-electron chi connectivity index (χ0n) is 10.2. The Morgan fingerprint density at radius 3 is 2.78 bits per heavy atom. The molecule has 2 heterocycles. The fourth-order valence-electron chi connectivity index (χ4n) is 1.59. The van der Waals surface area contributed by atoms with E-state index in [0.717, 1.165) is 21.7 Å². The molecule has 4 heteroatoms. The minimum atomic E-state index is 0.581. The van der Waals surface area contributed by atoms with Crippen LogP contribution in [0.15, 0.2) is 58.8 Å². The number of allylic oxidation sites excluding steroid dienone is 3. The van der Waals surface area contributed by atoms with Crippen molar-refractivity contribution in [1.82, 2.24) is 10.3 Å². The minimum Gasteiger partial charge on any atom is -0.380 e. The summed E-state index contributed by atoms with van der Waals surface area (Å²) < 4.78 is 0. The van der Waals surface area contributed by atoms with Crippen molar-refractivity contribution in [3.05, 3.63) is 64.3 Å². The summed E-state index contributed by atoms with van der Waals surface area (Å²) in [6.07, 6.45) is 5.32. The first-order valence-electron chi connectivity index (χ1n) is 5.64. The van der Waals surface area contributed by atoms with Gasteiger partial charge in [-0.15, -0.1) is 0 Å². The molecule has 1 aliphatic rings. The van der Waals surface area contributed by atoms with E-state index in [1.807, 2.05) is 24.5 Å². The van der Waals surface area contributed by atoms with Crippen molar-refractivity contribution in [3.8, 4) is 0 Å². The number of rotatable bonds is 4. The lowest BCUT2D eigenvalue weighted by atomic mass is 10.1. The number of aromatic nitrogens is 1. The van der Waals surface area contributed by atoms with E-state index in [-0.39, 0.29) is 0 Å². The van der Waals surface area contributed by atoms with Crippen molar-refractivity contribution in [1.29, 1.82) is 5.41 Å². The van der Waals surface area contributed by atoms with E-state index in [0.29, 0.717) is 12.3 Å². The summed E-state index contributed by atoms with van der Waals surface area (Å²) in [5.41, 5.74) is 3.65. The molecule has 0 fully saturated rings. The first-order valence-corrected chi connectivity index (χ1v) is 6.52. The van der Waals surface area contributed by atoms with Crippen molar-refractivity contribution >= 4 is 17.5 Å². The number of pyridine rings is 1. The summed E-state index contributed by atoms with van der Waals surface area (Å²) >= 11 is 1.57. The molecule has 92 valence electrons. The molecule has 0 aromatic carbocycles. The quantitative estimate of drug-likeness (QED) is 0.870. The second kappa shape index (κ2) is 5.69. The molecular formula is C14H15N3S. The molecule has 0 aliphatic carbocycles. The summed E-state index contributed by atoms with van der Waals surface area (Å²) in [6.45, 7) is 6.47. The normalized spacial score (nSPS) is 17.4. The summed E-state index contributed by atoms with van der Waals surface area (Å²) in [4.78, 5) is 4.93. The van der Waals surface area contributed by atoms with Crippen LogP contribution in [0.2, 0.25) is 0 Å². The molecule has 0 radical (unpaired) electrons. The number of nitrogens with one attached hydrogen (secondary N) is 2. The molecule has 0 bridgehead atoms. The number of hydrogen-bond acceptors (Lipinski definition) is 4. The predicted molar refractivity (Wildman–Crippen MR) is 77.4 cm³/mol. The Morgan fingerprint density at radius 1 is 1.50 bits per heavy atom. The minimum absolute atomic E-state index is 0.581. The second-order valence-electron chi connectivity index (χ2n) is 3.95. The van der Waals surface area contributed by atoms with Gasteiger partial charge < -0.3 is 5.32 Å². The molecule has 0 unspecified atom stereocenters. The zero-order valence-corrected chi connectivity index (χ0v) is 11.1. The molecular weight excluding hydrogens is 242 g/mol. The Labute approximate surface area is 111 Å². The molecule has 1 aromatic rings. The number of hydrogen-bond donors (Lipinski definition) is 2. The van der Waals surface area contributed by atoms with Gasteiger partial charge in [0.15, 0.2) is 0 Å². The summed E-state index contributed by atoms with van der Waals surface area (Å²) in [6, 6.07) is 3.93. The fraction of sp³-hybridized carbons (Fsp3) is 0.143. The van der Waals surface area contributed by atoms with Gasteiger partial charge in [-0.05, 0) is 41.7 Å². The fourth-order valence-corrected chi connectivity index (χ4v) is 2.56. The van der Waals surface area contributed by atoms with E-state index in [2.05, 4.69) is 16.9 Å². The highest BCUT2D eigenvalue weighted by atomic mass is 32.2. The third-order valence-electron chi connectivity index (χ3n) is 2.66. The molecule has 2 rings (SSSR count). The Kier molecular flexibility index (Phi) is 3.99. The van der Waals surface area contributed by atoms with Gasteiger partial charge in [-0.25, -0.2) is 0 Å². The average Bonchev–Trinajstić information content (AvgIpc) is 2.73. The van der Waals surface area contributed by atoms with Crippen molar-refractivity contribution in [2.45, 2.75) is 13.5 Å². The standard InChI is InChI=1S/C14H15N3S/c1-3-12(14-13(15)10(2)9-18-14)17-8-11-4-6-16-7-5-11/h3-7,9,15,17H,1,8H2,2H3/b14-12-,15-13?. The van der Waals surface area contributed by atoms with E-state index in [1.165, 1.54) is 0 Å². The van der Waals surface area contributed by atoms with Crippen molar-refractivity contribution in [2.75, 3.05) is 0 Å². The third kappa shape index (κ3) is 2.71. The Balaban J connectivity index is 2.10. The molecule has 0 saturated heterocycles. The molecule has 0 atom stereocenters. The lowest BCUT2D eigenvalue weighted by Crippen LogP contribution is -2.14. The highest BCUT2D eigenvalue weighted by molar-refractivity contribution is 8.07. The van der Waals surface area contributed by atoms with Gasteiger partial charge >= 0.3 is 0 Å². The third-order valence-corrected chi connectivity index (χ3v) is 3.79. The first kappa shape index (κ1) is 12.6. The van der Waals surface area contributed by atoms with E-state index in [9.17, 15) is 0 Å². The number of thioether (sulfide) groups is 1. The van der Waals surface area contributed by atoms with Crippen LogP contribution in [-0.4, -0.2) is 10.7 Å². The Bertz CT molecular complexity index is 529. The molecule has 3 nitrogen and oxygen atoms in total. The van der Waals surface area contributed by atoms with Crippen LogP contribution >= 0.6 is 11.8 Å². The van der Waals surface area contributed by atoms with Crippen LogP contribution in [0, 0.1) is 5.41 Å². The highest BCUT2D eigenvalue weighted by Crippen LogP contribution is 2.32. The van der Waals surface area contributed by atoms with E-state index >= 15 is 0 Å². The van der Waals surface area contributed by atoms with Crippen LogP contribution in [0.3, 0.4) is 0 Å². The smallest absolute Gasteiger partial charge is 0.0734 e. The predicted octanol–water partition coefficient (Wildman–Crippen LogP) is 3.24.